The van der Waals surface area contributed by atoms with Gasteiger partial charge in [-0.25, -0.2) is 9.97 Å². The van der Waals surface area contributed by atoms with Gasteiger partial charge in [0.15, 0.2) is 0 Å². The summed E-state index contributed by atoms with van der Waals surface area (Å²) in [6.07, 6.45) is 2.98. The van der Waals surface area contributed by atoms with Crippen LogP contribution < -0.4 is 10.1 Å². The Labute approximate surface area is 157 Å². The van der Waals surface area contributed by atoms with Gasteiger partial charge in [-0.2, -0.15) is 0 Å². The molecule has 0 saturated heterocycles. The van der Waals surface area contributed by atoms with E-state index in [0.29, 0.717) is 23.0 Å². The van der Waals surface area contributed by atoms with Crippen LogP contribution in [0.5, 0.6) is 5.88 Å². The molecule has 0 aliphatic heterocycles. The van der Waals surface area contributed by atoms with Crippen molar-refractivity contribution in [1.29, 1.82) is 0 Å². The maximum absolute atomic E-state index is 12.2. The molecule has 6 nitrogen and oxygen atoms in total. The Morgan fingerprint density at radius 2 is 2.15 bits per heavy atom. The Kier molecular flexibility index (Phi) is 5.73. The molecular weight excluding hydrogens is 352 g/mol. The first-order valence-electron chi connectivity index (χ1n) is 8.57. The summed E-state index contributed by atoms with van der Waals surface area (Å²) in [5.74, 6) is 1.04. The van der Waals surface area contributed by atoms with Crippen LogP contribution >= 0.6 is 11.6 Å². The van der Waals surface area contributed by atoms with Crippen molar-refractivity contribution >= 4 is 28.5 Å². The number of carbonyl (C=O) groups excluding carboxylic acids is 1. The predicted octanol–water partition coefficient (Wildman–Crippen LogP) is 3.76. The number of aromatic nitrogens is 3. The minimum absolute atomic E-state index is 0.0297. The highest BCUT2D eigenvalue weighted by Crippen LogP contribution is 2.23. The molecule has 3 aromatic rings. The first-order valence-corrected chi connectivity index (χ1v) is 8.95. The lowest BCUT2D eigenvalue weighted by Crippen LogP contribution is -2.25. The molecule has 0 saturated carbocycles. The van der Waals surface area contributed by atoms with Crippen molar-refractivity contribution < 1.29 is 9.53 Å². The highest BCUT2D eigenvalue weighted by atomic mass is 35.5. The number of H-pyrrole nitrogens is 1. The number of carbonyl (C=O) groups is 1. The number of pyridine rings is 1. The number of fused-ring (bicyclic) bond motifs is 1. The van der Waals surface area contributed by atoms with Gasteiger partial charge >= 0.3 is 0 Å². The van der Waals surface area contributed by atoms with Crippen LogP contribution in [0.2, 0.25) is 5.02 Å². The highest BCUT2D eigenvalue weighted by Gasteiger charge is 2.11. The Morgan fingerprint density at radius 1 is 1.35 bits per heavy atom. The average Bonchev–Trinajstić information content (AvgIpc) is 3.02. The van der Waals surface area contributed by atoms with E-state index in [9.17, 15) is 4.79 Å². The highest BCUT2D eigenvalue weighted by molar-refractivity contribution is 6.32. The van der Waals surface area contributed by atoms with E-state index in [2.05, 4.69) is 20.3 Å². The number of hydrogen-bond donors (Lipinski definition) is 2. The van der Waals surface area contributed by atoms with Gasteiger partial charge in [-0.05, 0) is 38.5 Å². The van der Waals surface area contributed by atoms with E-state index in [1.165, 1.54) is 6.20 Å². The number of imidazole rings is 1. The van der Waals surface area contributed by atoms with Crippen LogP contribution in [0.25, 0.3) is 11.0 Å². The van der Waals surface area contributed by atoms with Crippen LogP contribution in [-0.4, -0.2) is 33.5 Å². The minimum Gasteiger partial charge on any atom is -0.474 e. The molecule has 1 aromatic carbocycles. The molecule has 2 N–H and O–H groups in total. The molecule has 2 heterocycles. The van der Waals surface area contributed by atoms with E-state index in [-0.39, 0.29) is 12.0 Å². The van der Waals surface area contributed by atoms with Crippen LogP contribution in [0, 0.1) is 0 Å². The number of aromatic amines is 1. The standard InChI is InChI=1S/C19H21ClN4O2/c1-12(2)26-19-14(20)10-13(11-22-19)18(25)21-9-5-8-17-23-15-6-3-4-7-16(15)24-17/h3-4,6-7,10-12H,5,8-9H2,1-2H3,(H,21,25)(H,23,24). The van der Waals surface area contributed by atoms with Gasteiger partial charge in [0.1, 0.15) is 10.8 Å². The van der Waals surface area contributed by atoms with Gasteiger partial charge in [-0.1, -0.05) is 23.7 Å². The van der Waals surface area contributed by atoms with E-state index in [4.69, 9.17) is 16.3 Å². The second-order valence-corrected chi connectivity index (χ2v) is 6.64. The quantitative estimate of drug-likeness (QED) is 0.619. The number of amides is 1. The number of hydrogen-bond acceptors (Lipinski definition) is 4. The molecular formula is C19H21ClN4O2. The first-order chi connectivity index (χ1) is 12.5. The molecule has 0 unspecified atom stereocenters. The summed E-state index contributed by atoms with van der Waals surface area (Å²) < 4.78 is 5.47. The third kappa shape index (κ3) is 4.52. The monoisotopic (exact) mass is 372 g/mol. The van der Waals surface area contributed by atoms with Gasteiger partial charge in [-0.3, -0.25) is 4.79 Å². The summed E-state index contributed by atoms with van der Waals surface area (Å²) >= 11 is 6.12. The number of aryl methyl sites for hydroxylation is 1. The molecule has 0 spiro atoms. The third-order valence-corrected chi connectivity index (χ3v) is 4.00. The fourth-order valence-electron chi connectivity index (χ4n) is 2.54. The number of nitrogens with one attached hydrogen (secondary N) is 2. The van der Waals surface area contributed by atoms with Gasteiger partial charge in [0.25, 0.3) is 5.91 Å². The lowest BCUT2D eigenvalue weighted by atomic mass is 10.2. The SMILES string of the molecule is CC(C)Oc1ncc(C(=O)NCCCc2nc3ccccc3[nH]2)cc1Cl. The maximum atomic E-state index is 12.2. The second kappa shape index (κ2) is 8.19. The van der Waals surface area contributed by atoms with E-state index in [1.54, 1.807) is 6.07 Å². The Balaban J connectivity index is 1.50. The molecule has 0 aliphatic carbocycles. The molecule has 26 heavy (non-hydrogen) atoms. The number of ether oxygens (including phenoxy) is 1. The van der Waals surface area contributed by atoms with Gasteiger partial charge in [0.05, 0.1) is 22.7 Å². The zero-order valence-corrected chi connectivity index (χ0v) is 15.5. The minimum atomic E-state index is -0.208. The fraction of sp³-hybridized carbons (Fsp3) is 0.316. The molecule has 0 fully saturated rings. The van der Waals surface area contributed by atoms with E-state index in [0.717, 1.165) is 29.7 Å². The summed E-state index contributed by atoms with van der Waals surface area (Å²) in [6.45, 7) is 4.32. The number of para-hydroxylation sites is 2. The van der Waals surface area contributed by atoms with Crippen molar-refractivity contribution in [2.45, 2.75) is 32.8 Å². The molecule has 136 valence electrons. The molecule has 0 atom stereocenters. The summed E-state index contributed by atoms with van der Waals surface area (Å²) in [6, 6.07) is 9.48. The average molecular weight is 373 g/mol. The smallest absolute Gasteiger partial charge is 0.252 e. The lowest BCUT2D eigenvalue weighted by Gasteiger charge is -2.11. The normalized spacial score (nSPS) is 11.1. The Bertz CT molecular complexity index is 874. The zero-order chi connectivity index (χ0) is 18.5. The van der Waals surface area contributed by atoms with Gasteiger partial charge in [0, 0.05) is 19.2 Å². The van der Waals surface area contributed by atoms with Gasteiger partial charge in [0.2, 0.25) is 5.88 Å². The van der Waals surface area contributed by atoms with Gasteiger partial charge in [-0.15, -0.1) is 0 Å². The topological polar surface area (TPSA) is 79.9 Å². The fourth-order valence-corrected chi connectivity index (χ4v) is 2.75. The summed E-state index contributed by atoms with van der Waals surface area (Å²) in [7, 11) is 0. The largest absolute Gasteiger partial charge is 0.474 e. The molecule has 0 radical (unpaired) electrons. The van der Waals surface area contributed by atoms with Crippen LogP contribution in [0.1, 0.15) is 36.5 Å². The van der Waals surface area contributed by atoms with Crippen LogP contribution in [0.4, 0.5) is 0 Å². The maximum Gasteiger partial charge on any atom is 0.252 e. The predicted molar refractivity (Wildman–Crippen MR) is 102 cm³/mol. The molecule has 7 heteroatoms. The Morgan fingerprint density at radius 3 is 2.88 bits per heavy atom. The van der Waals surface area contributed by atoms with Crippen LogP contribution in [-0.2, 0) is 6.42 Å². The van der Waals surface area contributed by atoms with E-state index < -0.39 is 0 Å². The van der Waals surface area contributed by atoms with E-state index in [1.807, 2.05) is 38.1 Å². The first kappa shape index (κ1) is 18.2. The molecule has 0 aliphatic rings. The van der Waals surface area contributed by atoms with Crippen molar-refractivity contribution in [2.24, 2.45) is 0 Å². The second-order valence-electron chi connectivity index (χ2n) is 6.24. The van der Waals surface area contributed by atoms with E-state index >= 15 is 0 Å². The Hall–Kier alpha value is -2.60. The van der Waals surface area contributed by atoms with Crippen molar-refractivity contribution in [3.63, 3.8) is 0 Å². The summed E-state index contributed by atoms with van der Waals surface area (Å²) in [5, 5.41) is 3.20. The van der Waals surface area contributed by atoms with Crippen LogP contribution in [0.15, 0.2) is 36.5 Å². The third-order valence-electron chi connectivity index (χ3n) is 3.73. The summed E-state index contributed by atoms with van der Waals surface area (Å²) in [4.78, 5) is 24.1. The van der Waals surface area contributed by atoms with Crippen molar-refractivity contribution in [2.75, 3.05) is 6.54 Å². The van der Waals surface area contributed by atoms with Gasteiger partial charge < -0.3 is 15.0 Å². The number of nitrogens with zero attached hydrogens (tertiary/aromatic N) is 2. The number of benzene rings is 1. The molecule has 2 aromatic heterocycles. The van der Waals surface area contributed by atoms with Crippen molar-refractivity contribution in [3.05, 3.63) is 52.9 Å². The molecule has 0 bridgehead atoms. The van der Waals surface area contributed by atoms with Crippen molar-refractivity contribution in [1.82, 2.24) is 20.3 Å². The number of halogens is 1. The summed E-state index contributed by atoms with van der Waals surface area (Å²) in [5.41, 5.74) is 2.39. The van der Waals surface area contributed by atoms with Crippen molar-refractivity contribution in [3.8, 4) is 5.88 Å². The lowest BCUT2D eigenvalue weighted by molar-refractivity contribution is 0.0952. The van der Waals surface area contributed by atoms with Crippen LogP contribution in [0.3, 0.4) is 0 Å². The molecule has 3 rings (SSSR count). The number of rotatable bonds is 7. The molecule has 1 amide bonds. The zero-order valence-electron chi connectivity index (χ0n) is 14.8.